The van der Waals surface area contributed by atoms with Gasteiger partial charge >= 0.3 is 0 Å². The van der Waals surface area contributed by atoms with Crippen LogP contribution in [0.4, 0.5) is 5.69 Å². The fourth-order valence-electron chi connectivity index (χ4n) is 5.43. The second-order valence-corrected chi connectivity index (χ2v) is 11.7. The van der Waals surface area contributed by atoms with E-state index in [0.717, 1.165) is 33.8 Å². The molecule has 8 heteroatoms. The van der Waals surface area contributed by atoms with Crippen molar-refractivity contribution in [3.05, 3.63) is 65.4 Å². The fourth-order valence-corrected chi connectivity index (χ4v) is 7.13. The number of methoxy groups -OCH3 is 1. The number of ether oxygens (including phenoxy) is 1. The molecule has 2 aromatic carbocycles. The summed E-state index contributed by atoms with van der Waals surface area (Å²) >= 11 is 0. The minimum Gasteiger partial charge on any atom is -0.497 e. The van der Waals surface area contributed by atoms with Crippen LogP contribution in [-0.4, -0.2) is 55.1 Å². The number of aromatic nitrogens is 2. The summed E-state index contributed by atoms with van der Waals surface area (Å²) in [7, 11) is -1.48. The molecule has 0 aliphatic carbocycles. The van der Waals surface area contributed by atoms with Gasteiger partial charge in [-0.15, -0.1) is 0 Å². The molecule has 1 aromatic heterocycles. The van der Waals surface area contributed by atoms with Crippen molar-refractivity contribution in [3.8, 4) is 17.0 Å². The van der Waals surface area contributed by atoms with E-state index >= 15 is 0 Å². The van der Waals surface area contributed by atoms with E-state index in [1.165, 1.54) is 0 Å². The van der Waals surface area contributed by atoms with Crippen molar-refractivity contribution >= 4 is 21.3 Å². The van der Waals surface area contributed by atoms with Gasteiger partial charge < -0.3 is 9.64 Å². The van der Waals surface area contributed by atoms with Gasteiger partial charge in [-0.2, -0.15) is 5.10 Å². The molecule has 0 radical (unpaired) electrons. The van der Waals surface area contributed by atoms with Crippen molar-refractivity contribution in [1.29, 1.82) is 0 Å². The lowest BCUT2D eigenvalue weighted by Gasteiger charge is -2.36. The maximum absolute atomic E-state index is 13.4. The highest BCUT2D eigenvalue weighted by Gasteiger charge is 2.46. The topological polar surface area (TPSA) is 92.4 Å². The highest BCUT2D eigenvalue weighted by molar-refractivity contribution is 7.91. The van der Waals surface area contributed by atoms with Crippen LogP contribution in [0.2, 0.25) is 0 Å². The number of carbonyl (C=O) groups excluding carboxylic acids is 1. The number of aromatic amines is 1. The number of nitrogens with zero attached hydrogens (tertiary/aromatic N) is 2. The van der Waals surface area contributed by atoms with Crippen molar-refractivity contribution in [1.82, 2.24) is 10.2 Å². The van der Waals surface area contributed by atoms with E-state index in [9.17, 15) is 13.2 Å². The molecule has 1 N–H and O–H groups in total. The summed E-state index contributed by atoms with van der Waals surface area (Å²) in [5, 5.41) is 7.18. The summed E-state index contributed by atoms with van der Waals surface area (Å²) in [6.45, 7) is 4.18. The summed E-state index contributed by atoms with van der Waals surface area (Å²) < 4.78 is 30.3. The van der Waals surface area contributed by atoms with Crippen molar-refractivity contribution < 1.29 is 17.9 Å². The molecule has 2 atom stereocenters. The van der Waals surface area contributed by atoms with Gasteiger partial charge in [-0.05, 0) is 61.7 Å². The number of ketones is 1. The predicted octanol–water partition coefficient (Wildman–Crippen LogP) is 4.01. The first-order valence-corrected chi connectivity index (χ1v) is 13.4. The smallest absolute Gasteiger partial charge is 0.167 e. The summed E-state index contributed by atoms with van der Waals surface area (Å²) in [5.41, 5.74) is 5.36. The largest absolute Gasteiger partial charge is 0.497 e. The molecule has 7 nitrogen and oxygen atoms in total. The van der Waals surface area contributed by atoms with Crippen LogP contribution in [0.25, 0.3) is 11.3 Å². The molecule has 1 fully saturated rings. The van der Waals surface area contributed by atoms with Crippen LogP contribution >= 0.6 is 0 Å². The number of sulfone groups is 1. The third-order valence-electron chi connectivity index (χ3n) is 6.98. The van der Waals surface area contributed by atoms with E-state index < -0.39 is 9.84 Å². The number of carbonyl (C=O) groups is 1. The Morgan fingerprint density at radius 3 is 2.62 bits per heavy atom. The van der Waals surface area contributed by atoms with E-state index in [2.05, 4.69) is 28.9 Å². The van der Waals surface area contributed by atoms with E-state index in [0.29, 0.717) is 12.0 Å². The van der Waals surface area contributed by atoms with Crippen LogP contribution in [0, 0.1) is 0 Å². The Hall–Kier alpha value is -3.13. The third-order valence-corrected chi connectivity index (χ3v) is 8.68. The second-order valence-electron chi connectivity index (χ2n) is 9.46. The number of H-pyrrole nitrogens is 1. The van der Waals surface area contributed by atoms with Gasteiger partial charge in [0.1, 0.15) is 5.75 Å². The van der Waals surface area contributed by atoms with Crippen LogP contribution in [0.3, 0.4) is 0 Å². The zero-order valence-corrected chi connectivity index (χ0v) is 20.4. The zero-order chi connectivity index (χ0) is 24.0. The molecule has 0 amide bonds. The highest BCUT2D eigenvalue weighted by Crippen LogP contribution is 2.51. The number of anilines is 1. The number of fused-ring (bicyclic) bond motifs is 3. The molecular weight excluding hydrogens is 450 g/mol. The minimum atomic E-state index is -3.10. The van der Waals surface area contributed by atoms with Crippen LogP contribution in [0.5, 0.6) is 5.75 Å². The molecule has 0 bridgehead atoms. The Bertz CT molecular complexity index is 1310. The van der Waals surface area contributed by atoms with E-state index in [1.54, 1.807) is 13.3 Å². The van der Waals surface area contributed by atoms with Gasteiger partial charge in [-0.1, -0.05) is 12.1 Å². The Labute approximate surface area is 200 Å². The Balaban J connectivity index is 1.60. The lowest BCUT2D eigenvalue weighted by Crippen LogP contribution is -2.47. The standard InChI is InChI=1S/C26H29N3O4S/c1-16(2)29-24-15-34(31,32)11-9-20(24)21-13-18(14-22(26(21)29)23-8-10-27-28-23)25(30)12-17-4-6-19(33-3)7-5-17/h4-8,10,13-14,16,20,24H,9,11-12,15H2,1-3H3,(H,27,28)/t20-,24-/m0/s1. The average Bonchev–Trinajstić information content (AvgIpc) is 3.44. The normalized spacial score (nSPS) is 20.8. The van der Waals surface area contributed by atoms with E-state index in [1.807, 2.05) is 42.5 Å². The lowest BCUT2D eigenvalue weighted by molar-refractivity contribution is 0.0993. The Morgan fingerprint density at radius 1 is 1.21 bits per heavy atom. The van der Waals surface area contributed by atoms with Gasteiger partial charge in [0.05, 0.1) is 36.0 Å². The molecule has 34 heavy (non-hydrogen) atoms. The number of hydrogen-bond donors (Lipinski definition) is 1. The first-order chi connectivity index (χ1) is 16.3. The maximum atomic E-state index is 13.4. The summed E-state index contributed by atoms with van der Waals surface area (Å²) in [5.74, 6) is 1.18. The van der Waals surface area contributed by atoms with E-state index in [4.69, 9.17) is 4.74 Å². The van der Waals surface area contributed by atoms with Gasteiger partial charge in [0.25, 0.3) is 0 Å². The molecule has 2 aliphatic heterocycles. The van der Waals surface area contributed by atoms with Crippen LogP contribution in [-0.2, 0) is 16.3 Å². The SMILES string of the molecule is COc1ccc(CC(=O)c2cc(-c3ccn[nH]3)c3c(c2)[C@@H]2CCS(=O)(=O)C[C@@H]2N3C(C)C)cc1. The van der Waals surface area contributed by atoms with Crippen LogP contribution in [0.15, 0.2) is 48.7 Å². The maximum Gasteiger partial charge on any atom is 0.167 e. The molecule has 2 aliphatic rings. The van der Waals surface area contributed by atoms with Crippen molar-refractivity contribution in [2.45, 2.75) is 44.7 Å². The number of hydrogen-bond acceptors (Lipinski definition) is 6. The number of benzene rings is 2. The molecule has 178 valence electrons. The molecule has 1 saturated heterocycles. The van der Waals surface area contributed by atoms with Gasteiger partial charge in [0.2, 0.25) is 0 Å². The first kappa shape index (κ1) is 22.7. The van der Waals surface area contributed by atoms with Crippen LogP contribution in [0.1, 0.15) is 47.7 Å². The summed E-state index contributed by atoms with van der Waals surface area (Å²) in [4.78, 5) is 15.6. The molecule has 0 unspecified atom stereocenters. The highest BCUT2D eigenvalue weighted by atomic mass is 32.2. The number of Topliss-reactive ketones (excluding diaryl/α,β-unsaturated/α-hetero) is 1. The predicted molar refractivity (Wildman–Crippen MR) is 132 cm³/mol. The first-order valence-electron chi connectivity index (χ1n) is 11.6. The monoisotopic (exact) mass is 479 g/mol. The van der Waals surface area contributed by atoms with Gasteiger partial charge in [-0.3, -0.25) is 9.89 Å². The van der Waals surface area contributed by atoms with Gasteiger partial charge in [0.15, 0.2) is 15.6 Å². The molecule has 0 saturated carbocycles. The molecule has 0 spiro atoms. The van der Waals surface area contributed by atoms with Crippen LogP contribution < -0.4 is 9.64 Å². The Kier molecular flexibility index (Phi) is 5.72. The molecule has 3 heterocycles. The van der Waals surface area contributed by atoms with Gasteiger partial charge in [0, 0.05) is 35.7 Å². The van der Waals surface area contributed by atoms with Crippen molar-refractivity contribution in [3.63, 3.8) is 0 Å². The van der Waals surface area contributed by atoms with E-state index in [-0.39, 0.29) is 41.7 Å². The Morgan fingerprint density at radius 2 is 1.97 bits per heavy atom. The quantitative estimate of drug-likeness (QED) is 0.537. The van der Waals surface area contributed by atoms with Crippen molar-refractivity contribution in [2.75, 3.05) is 23.5 Å². The fraction of sp³-hybridized carbons (Fsp3) is 0.385. The molecule has 3 aromatic rings. The number of nitrogens with one attached hydrogen (secondary N) is 1. The zero-order valence-electron chi connectivity index (χ0n) is 19.6. The number of rotatable bonds is 6. The molecular formula is C26H29N3O4S. The average molecular weight is 480 g/mol. The lowest BCUT2D eigenvalue weighted by atomic mass is 9.88. The third kappa shape index (κ3) is 4.00. The summed E-state index contributed by atoms with van der Waals surface area (Å²) in [6.07, 6.45) is 2.54. The van der Waals surface area contributed by atoms with Gasteiger partial charge in [-0.25, -0.2) is 8.42 Å². The van der Waals surface area contributed by atoms with Crippen molar-refractivity contribution in [2.24, 2.45) is 0 Å². The minimum absolute atomic E-state index is 0.0247. The second kappa shape index (κ2) is 8.58. The summed E-state index contributed by atoms with van der Waals surface area (Å²) in [6, 6.07) is 13.3. The molecule has 5 rings (SSSR count).